The minimum atomic E-state index is -0.465. The van der Waals surface area contributed by atoms with Crippen LogP contribution in [-0.4, -0.2) is 27.0 Å². The summed E-state index contributed by atoms with van der Waals surface area (Å²) in [7, 11) is 0. The molecular formula is C18H15N5O3. The number of H-pyrrole nitrogens is 1. The second kappa shape index (κ2) is 7.84. The zero-order chi connectivity index (χ0) is 18.4. The Labute approximate surface area is 148 Å². The summed E-state index contributed by atoms with van der Waals surface area (Å²) in [5, 5.41) is 11.4. The molecule has 3 aromatic rings. The number of pyridine rings is 1. The van der Waals surface area contributed by atoms with Gasteiger partial charge in [-0.15, -0.1) is 0 Å². The third-order valence-electron chi connectivity index (χ3n) is 3.54. The molecule has 0 aliphatic rings. The van der Waals surface area contributed by atoms with E-state index in [1.165, 1.54) is 18.3 Å². The Balaban J connectivity index is 1.70. The van der Waals surface area contributed by atoms with Crippen LogP contribution >= 0.6 is 0 Å². The highest BCUT2D eigenvalue weighted by Gasteiger charge is 2.11. The van der Waals surface area contributed by atoms with Crippen LogP contribution in [0.5, 0.6) is 0 Å². The van der Waals surface area contributed by atoms with E-state index in [0.717, 1.165) is 5.56 Å². The number of carbonyl (C=O) groups excluding carboxylic acids is 2. The largest absolute Gasteiger partial charge is 0.348 e. The molecule has 3 rings (SSSR count). The van der Waals surface area contributed by atoms with E-state index < -0.39 is 5.91 Å². The molecule has 26 heavy (non-hydrogen) atoms. The monoisotopic (exact) mass is 349 g/mol. The third kappa shape index (κ3) is 4.18. The van der Waals surface area contributed by atoms with Crippen molar-refractivity contribution in [3.8, 4) is 0 Å². The van der Waals surface area contributed by atoms with Crippen molar-refractivity contribution in [2.24, 2.45) is 0 Å². The molecule has 0 saturated heterocycles. The van der Waals surface area contributed by atoms with Crippen LogP contribution < -0.4 is 16.2 Å². The third-order valence-corrected chi connectivity index (χ3v) is 3.54. The zero-order valence-electron chi connectivity index (χ0n) is 13.6. The van der Waals surface area contributed by atoms with E-state index in [1.807, 2.05) is 0 Å². The van der Waals surface area contributed by atoms with E-state index in [2.05, 4.69) is 25.8 Å². The molecule has 0 saturated carbocycles. The van der Waals surface area contributed by atoms with Crippen molar-refractivity contribution in [2.75, 3.05) is 5.32 Å². The van der Waals surface area contributed by atoms with Crippen LogP contribution in [0.3, 0.4) is 0 Å². The van der Waals surface area contributed by atoms with E-state index in [4.69, 9.17) is 0 Å². The van der Waals surface area contributed by atoms with Gasteiger partial charge < -0.3 is 10.6 Å². The molecule has 0 fully saturated rings. The minimum absolute atomic E-state index is 0.0822. The zero-order valence-corrected chi connectivity index (χ0v) is 13.6. The fourth-order valence-electron chi connectivity index (χ4n) is 2.23. The van der Waals surface area contributed by atoms with E-state index >= 15 is 0 Å². The van der Waals surface area contributed by atoms with Crippen molar-refractivity contribution in [3.05, 3.63) is 88.1 Å². The normalized spacial score (nSPS) is 10.2. The molecule has 2 heterocycles. The predicted molar refractivity (Wildman–Crippen MR) is 94.7 cm³/mol. The summed E-state index contributed by atoms with van der Waals surface area (Å²) >= 11 is 0. The lowest BCUT2D eigenvalue weighted by atomic mass is 10.1. The second-order valence-corrected chi connectivity index (χ2v) is 5.34. The lowest BCUT2D eigenvalue weighted by Gasteiger charge is -2.11. The number of benzene rings is 1. The first kappa shape index (κ1) is 17.0. The van der Waals surface area contributed by atoms with Crippen LogP contribution in [0.25, 0.3) is 0 Å². The highest BCUT2D eigenvalue weighted by molar-refractivity contribution is 6.03. The van der Waals surface area contributed by atoms with Crippen molar-refractivity contribution in [1.82, 2.24) is 20.5 Å². The number of nitrogens with one attached hydrogen (secondary N) is 3. The summed E-state index contributed by atoms with van der Waals surface area (Å²) in [6.07, 6.45) is 3.07. The highest BCUT2D eigenvalue weighted by atomic mass is 16.2. The van der Waals surface area contributed by atoms with Crippen molar-refractivity contribution >= 4 is 17.5 Å². The number of hydrogen-bond acceptors (Lipinski definition) is 5. The quantitative estimate of drug-likeness (QED) is 0.643. The molecule has 0 aliphatic carbocycles. The number of hydrogen-bond donors (Lipinski definition) is 3. The topological polar surface area (TPSA) is 117 Å². The van der Waals surface area contributed by atoms with Crippen LogP contribution in [0.2, 0.25) is 0 Å². The number of aromatic amines is 1. The molecule has 8 heteroatoms. The van der Waals surface area contributed by atoms with Gasteiger partial charge in [-0.1, -0.05) is 18.2 Å². The van der Waals surface area contributed by atoms with Gasteiger partial charge in [-0.05, 0) is 29.8 Å². The maximum Gasteiger partial charge on any atom is 0.276 e. The number of rotatable bonds is 5. The van der Waals surface area contributed by atoms with Crippen LogP contribution in [0.1, 0.15) is 26.4 Å². The van der Waals surface area contributed by atoms with Crippen LogP contribution in [0, 0.1) is 0 Å². The Bertz CT molecular complexity index is 965. The van der Waals surface area contributed by atoms with Gasteiger partial charge >= 0.3 is 0 Å². The number of amides is 2. The first-order chi connectivity index (χ1) is 12.6. The number of nitrogens with zero attached hydrogens (tertiary/aromatic N) is 2. The van der Waals surface area contributed by atoms with Gasteiger partial charge in [0.05, 0.1) is 5.56 Å². The number of anilines is 1. The van der Waals surface area contributed by atoms with E-state index in [1.54, 1.807) is 42.6 Å². The smallest absolute Gasteiger partial charge is 0.276 e. The van der Waals surface area contributed by atoms with Crippen LogP contribution in [-0.2, 0) is 6.54 Å². The van der Waals surface area contributed by atoms with Crippen LogP contribution in [0.15, 0.2) is 65.7 Å². The molecular weight excluding hydrogens is 334 g/mol. The summed E-state index contributed by atoms with van der Waals surface area (Å²) < 4.78 is 0. The van der Waals surface area contributed by atoms with Crippen molar-refractivity contribution in [3.63, 3.8) is 0 Å². The molecule has 0 unspecified atom stereocenters. The van der Waals surface area contributed by atoms with Gasteiger partial charge in [-0.3, -0.25) is 19.4 Å². The average Bonchev–Trinajstić information content (AvgIpc) is 2.68. The van der Waals surface area contributed by atoms with E-state index in [-0.39, 0.29) is 23.7 Å². The van der Waals surface area contributed by atoms with Gasteiger partial charge in [-0.2, -0.15) is 5.10 Å². The fourth-order valence-corrected chi connectivity index (χ4v) is 2.23. The van der Waals surface area contributed by atoms with E-state index in [0.29, 0.717) is 11.3 Å². The van der Waals surface area contributed by atoms with Gasteiger partial charge in [0.25, 0.3) is 17.4 Å². The highest BCUT2D eigenvalue weighted by Crippen LogP contribution is 2.15. The molecule has 2 amide bonds. The summed E-state index contributed by atoms with van der Waals surface area (Å²) in [4.78, 5) is 39.3. The molecule has 0 radical (unpaired) electrons. The van der Waals surface area contributed by atoms with Gasteiger partial charge in [-0.25, -0.2) is 5.10 Å². The fraction of sp³-hybridized carbons (Fsp3) is 0.0556. The molecule has 0 atom stereocenters. The van der Waals surface area contributed by atoms with Gasteiger partial charge in [0, 0.05) is 30.7 Å². The number of para-hydroxylation sites is 1. The van der Waals surface area contributed by atoms with E-state index in [9.17, 15) is 14.4 Å². The predicted octanol–water partition coefficient (Wildman–Crippen LogP) is 1.35. The lowest BCUT2D eigenvalue weighted by Crippen LogP contribution is -2.24. The molecule has 0 aliphatic heterocycles. The van der Waals surface area contributed by atoms with Crippen molar-refractivity contribution in [1.29, 1.82) is 0 Å². The summed E-state index contributed by atoms with van der Waals surface area (Å²) in [5.74, 6) is -0.728. The first-order valence-electron chi connectivity index (χ1n) is 7.77. The lowest BCUT2D eigenvalue weighted by molar-refractivity contribution is 0.0950. The molecule has 130 valence electrons. The maximum absolute atomic E-state index is 12.2. The standard InChI is InChI=1S/C18H15N5O3/c24-16-8-7-15(22-23-16)18(26)21-14-6-2-1-4-12(14)11-20-17(25)13-5-3-9-19-10-13/h1-10H,11H2,(H,20,25)(H,21,26)(H,23,24). The van der Waals surface area contributed by atoms with Gasteiger partial charge in [0.15, 0.2) is 0 Å². The second-order valence-electron chi connectivity index (χ2n) is 5.34. The Morgan fingerprint density at radius 1 is 1.00 bits per heavy atom. The number of aromatic nitrogens is 3. The summed E-state index contributed by atoms with van der Waals surface area (Å²) in [6.45, 7) is 0.225. The van der Waals surface area contributed by atoms with Crippen molar-refractivity contribution in [2.45, 2.75) is 6.54 Å². The molecule has 8 nitrogen and oxygen atoms in total. The van der Waals surface area contributed by atoms with Gasteiger partial charge in [0.1, 0.15) is 5.69 Å². The molecule has 0 bridgehead atoms. The Hall–Kier alpha value is -3.81. The minimum Gasteiger partial charge on any atom is -0.348 e. The Kier molecular flexibility index (Phi) is 5.14. The molecule has 3 N–H and O–H groups in total. The van der Waals surface area contributed by atoms with Gasteiger partial charge in [0.2, 0.25) is 0 Å². The average molecular weight is 349 g/mol. The Morgan fingerprint density at radius 2 is 1.85 bits per heavy atom. The summed E-state index contributed by atoms with van der Waals surface area (Å²) in [5.41, 5.74) is 1.41. The van der Waals surface area contributed by atoms with Crippen LogP contribution in [0.4, 0.5) is 5.69 Å². The maximum atomic E-state index is 12.2. The molecule has 1 aromatic carbocycles. The Morgan fingerprint density at radius 3 is 2.58 bits per heavy atom. The molecule has 2 aromatic heterocycles. The number of carbonyl (C=O) groups is 2. The molecule has 0 spiro atoms. The van der Waals surface area contributed by atoms with Crippen molar-refractivity contribution < 1.29 is 9.59 Å². The summed E-state index contributed by atoms with van der Waals surface area (Å²) in [6, 6.07) is 13.0. The SMILES string of the molecule is O=C(NCc1ccccc1NC(=O)c1ccc(=O)[nH]n1)c1cccnc1. The first-order valence-corrected chi connectivity index (χ1v) is 7.77.